The van der Waals surface area contributed by atoms with Crippen LogP contribution >= 0.6 is 0 Å². The molecule has 0 fully saturated rings. The minimum absolute atomic E-state index is 0.0463. The molecule has 0 aliphatic carbocycles. The molecule has 1 amide bonds. The maximum atomic E-state index is 13.2. The highest BCUT2D eigenvalue weighted by Gasteiger charge is 2.23. The average molecular weight is 888 g/mol. The van der Waals surface area contributed by atoms with E-state index >= 15 is 0 Å². The average Bonchev–Trinajstić information content (AvgIpc) is 3.29. The van der Waals surface area contributed by atoms with Crippen molar-refractivity contribution in [2.75, 3.05) is 6.61 Å². The number of esters is 1. The molecule has 0 aliphatic rings. The van der Waals surface area contributed by atoms with Crippen molar-refractivity contribution in [2.45, 2.75) is 238 Å². The molecule has 3 atom stereocenters. The fourth-order valence-corrected chi connectivity index (χ4v) is 7.27. The van der Waals surface area contributed by atoms with Gasteiger partial charge in [0, 0.05) is 12.8 Å². The number of carbonyl (C=O) groups excluding carboxylic acids is 2. The van der Waals surface area contributed by atoms with E-state index in [1.807, 2.05) is 54.7 Å². The van der Waals surface area contributed by atoms with Gasteiger partial charge in [-0.3, -0.25) is 9.59 Å². The molecule has 0 heterocycles. The molecule has 64 heavy (non-hydrogen) atoms. The Labute approximate surface area is 394 Å². The number of hydrogen-bond acceptors (Lipinski definition) is 5. The van der Waals surface area contributed by atoms with Crippen molar-refractivity contribution < 1.29 is 24.5 Å². The van der Waals surface area contributed by atoms with Gasteiger partial charge < -0.3 is 20.3 Å². The summed E-state index contributed by atoms with van der Waals surface area (Å²) in [6.07, 6.45) is 69.0. The Morgan fingerprint density at radius 2 is 0.922 bits per heavy atom. The molecule has 6 heteroatoms. The minimum atomic E-state index is -0.834. The molecule has 0 rings (SSSR count). The van der Waals surface area contributed by atoms with E-state index in [1.165, 1.54) is 116 Å². The van der Waals surface area contributed by atoms with Crippen LogP contribution in [0.1, 0.15) is 220 Å². The third-order valence-electron chi connectivity index (χ3n) is 11.2. The van der Waals surface area contributed by atoms with Crippen LogP contribution in [0.5, 0.6) is 0 Å². The fourth-order valence-electron chi connectivity index (χ4n) is 7.27. The van der Waals surface area contributed by atoms with E-state index in [-0.39, 0.29) is 31.3 Å². The maximum Gasteiger partial charge on any atom is 0.306 e. The zero-order chi connectivity index (χ0) is 46.7. The smallest absolute Gasteiger partial charge is 0.306 e. The van der Waals surface area contributed by atoms with Crippen LogP contribution in [0.15, 0.2) is 109 Å². The van der Waals surface area contributed by atoms with Crippen LogP contribution in [-0.2, 0) is 14.3 Å². The van der Waals surface area contributed by atoms with Crippen LogP contribution in [-0.4, -0.2) is 46.9 Å². The van der Waals surface area contributed by atoms with Crippen molar-refractivity contribution in [2.24, 2.45) is 0 Å². The molecule has 0 radical (unpaired) electrons. The van der Waals surface area contributed by atoms with E-state index in [0.717, 1.165) is 51.4 Å². The van der Waals surface area contributed by atoms with Gasteiger partial charge in [-0.2, -0.15) is 0 Å². The van der Waals surface area contributed by atoms with Crippen LogP contribution in [0.4, 0.5) is 0 Å². The lowest BCUT2D eigenvalue weighted by Crippen LogP contribution is -2.46. The number of amides is 1. The lowest BCUT2D eigenvalue weighted by molar-refractivity contribution is -0.150. The van der Waals surface area contributed by atoms with Crippen molar-refractivity contribution in [1.29, 1.82) is 0 Å². The van der Waals surface area contributed by atoms with Gasteiger partial charge in [0.1, 0.15) is 6.10 Å². The molecule has 0 aromatic carbocycles. The first kappa shape index (κ1) is 60.5. The normalized spacial score (nSPS) is 14.1. The first-order valence-corrected chi connectivity index (χ1v) is 26.2. The Kier molecular flexibility index (Phi) is 47.8. The molecule has 0 aromatic heterocycles. The van der Waals surface area contributed by atoms with E-state index in [2.05, 4.69) is 80.8 Å². The number of aliphatic hydroxyl groups excluding tert-OH is 2. The summed E-state index contributed by atoms with van der Waals surface area (Å²) in [5, 5.41) is 23.7. The van der Waals surface area contributed by atoms with Gasteiger partial charge in [0.2, 0.25) is 5.91 Å². The molecule has 0 saturated carbocycles. The first-order chi connectivity index (χ1) is 31.5. The van der Waals surface area contributed by atoms with E-state index in [4.69, 9.17) is 4.74 Å². The number of nitrogens with one attached hydrogen (secondary N) is 1. The van der Waals surface area contributed by atoms with Crippen LogP contribution < -0.4 is 5.32 Å². The summed E-state index contributed by atoms with van der Waals surface area (Å²) in [5.74, 6) is -0.683. The number of unbranched alkanes of at least 4 members (excludes halogenated alkanes) is 20. The zero-order valence-corrected chi connectivity index (χ0v) is 41.4. The predicted molar refractivity (Wildman–Crippen MR) is 277 cm³/mol. The van der Waals surface area contributed by atoms with Gasteiger partial charge in [-0.1, -0.05) is 252 Å². The summed E-state index contributed by atoms with van der Waals surface area (Å²) in [6.45, 7) is 6.26. The van der Waals surface area contributed by atoms with Gasteiger partial charge in [-0.05, 0) is 57.8 Å². The molecule has 3 unspecified atom stereocenters. The van der Waals surface area contributed by atoms with E-state index in [0.29, 0.717) is 19.3 Å². The van der Waals surface area contributed by atoms with Crippen molar-refractivity contribution in [3.8, 4) is 0 Å². The van der Waals surface area contributed by atoms with Crippen molar-refractivity contribution in [1.82, 2.24) is 5.32 Å². The largest absolute Gasteiger partial charge is 0.461 e. The molecule has 0 saturated heterocycles. The third kappa shape index (κ3) is 45.1. The fraction of sp³-hybridized carbons (Fsp3) is 0.655. The van der Waals surface area contributed by atoms with E-state index < -0.39 is 18.2 Å². The van der Waals surface area contributed by atoms with Gasteiger partial charge in [-0.15, -0.1) is 0 Å². The molecule has 0 spiro atoms. The molecule has 3 N–H and O–H groups in total. The molecule has 364 valence electrons. The molecule has 0 bridgehead atoms. The summed E-state index contributed by atoms with van der Waals surface area (Å²) >= 11 is 0. The van der Waals surface area contributed by atoms with Crippen LogP contribution in [0.2, 0.25) is 0 Å². The van der Waals surface area contributed by atoms with Crippen LogP contribution in [0, 0.1) is 0 Å². The highest BCUT2D eigenvalue weighted by Crippen LogP contribution is 2.16. The van der Waals surface area contributed by atoms with Gasteiger partial charge in [-0.25, -0.2) is 0 Å². The summed E-state index contributed by atoms with van der Waals surface area (Å²) in [4.78, 5) is 26.0. The maximum absolute atomic E-state index is 13.2. The van der Waals surface area contributed by atoms with Gasteiger partial charge >= 0.3 is 5.97 Å². The van der Waals surface area contributed by atoms with Crippen molar-refractivity contribution in [3.05, 3.63) is 109 Å². The van der Waals surface area contributed by atoms with Crippen molar-refractivity contribution >= 4 is 11.9 Å². The second-order valence-corrected chi connectivity index (χ2v) is 17.3. The third-order valence-corrected chi connectivity index (χ3v) is 11.2. The van der Waals surface area contributed by atoms with E-state index in [9.17, 15) is 19.8 Å². The number of carbonyl (C=O) groups is 2. The van der Waals surface area contributed by atoms with Gasteiger partial charge in [0.05, 0.1) is 25.2 Å². The summed E-state index contributed by atoms with van der Waals surface area (Å²) in [5.41, 5.74) is 0. The quantitative estimate of drug-likeness (QED) is 0.0245. The summed E-state index contributed by atoms with van der Waals surface area (Å²) < 4.78 is 5.81. The summed E-state index contributed by atoms with van der Waals surface area (Å²) in [6, 6.07) is -0.757. The van der Waals surface area contributed by atoms with Crippen molar-refractivity contribution in [3.63, 3.8) is 0 Å². The number of allylic oxidation sites excluding steroid dienone is 17. The second-order valence-electron chi connectivity index (χ2n) is 17.3. The Morgan fingerprint density at radius 1 is 0.500 bits per heavy atom. The van der Waals surface area contributed by atoms with Crippen LogP contribution in [0.3, 0.4) is 0 Å². The lowest BCUT2D eigenvalue weighted by atomic mass is 10.0. The topological polar surface area (TPSA) is 95.9 Å². The molecule has 0 aliphatic heterocycles. The minimum Gasteiger partial charge on any atom is -0.461 e. The molecule has 6 nitrogen and oxygen atoms in total. The van der Waals surface area contributed by atoms with Crippen LogP contribution in [0.25, 0.3) is 0 Å². The number of aliphatic hydroxyl groups is 2. The Hall–Kier alpha value is -3.48. The molecular weight excluding hydrogens is 791 g/mol. The highest BCUT2D eigenvalue weighted by atomic mass is 16.5. The monoisotopic (exact) mass is 888 g/mol. The Balaban J connectivity index is 4.69. The number of rotatable bonds is 45. The SMILES string of the molecule is CC/C=C/C=C/C=C\C=C/C=C/CC(CC(=O)NC(CO)C(O)CCCCCCCCCCCCCCCCCCC)OC(=O)CCC/C=C\C/C=C\C/C=C\C/C=C\CCCCC. The lowest BCUT2D eigenvalue weighted by Gasteiger charge is -2.24. The number of hydrogen-bond donors (Lipinski definition) is 3. The van der Waals surface area contributed by atoms with Gasteiger partial charge in [0.25, 0.3) is 0 Å². The number of ether oxygens (including phenoxy) is 1. The Morgan fingerprint density at radius 3 is 1.41 bits per heavy atom. The highest BCUT2D eigenvalue weighted by molar-refractivity contribution is 5.77. The molecular formula is C58H97NO5. The van der Waals surface area contributed by atoms with Gasteiger partial charge in [0.15, 0.2) is 0 Å². The predicted octanol–water partition coefficient (Wildman–Crippen LogP) is 15.9. The first-order valence-electron chi connectivity index (χ1n) is 26.2. The second kappa shape index (κ2) is 50.5. The summed E-state index contributed by atoms with van der Waals surface area (Å²) in [7, 11) is 0. The molecule has 0 aromatic rings. The standard InChI is InChI=1S/C58H97NO5/c1-4-7-10-13-16-19-22-24-26-28-30-32-35-38-41-44-47-50-56(61)55(53-60)59-57(62)52-54(49-46-43-40-37-34-21-18-15-12-9-6-3)64-58(63)51-48-45-42-39-36-33-31-29-27-25-23-20-17-14-11-8-5-2/h9,12,15,17-18,20-21,25,27,31,33-34,37,39-40,42-43,46,54-56,60-61H,4-8,10-11,13-14,16,19,22-24,26,28-30,32,35-36,38,41,44-45,47-53H2,1-3H3,(H,59,62)/b12-9+,18-15+,20-17-,27-25-,33-31-,34-21-,40-37-,42-39-,46-43+. The van der Waals surface area contributed by atoms with E-state index in [1.54, 1.807) is 0 Å². The zero-order valence-electron chi connectivity index (χ0n) is 41.4. The Bertz CT molecular complexity index is 1320.